The van der Waals surface area contributed by atoms with Crippen LogP contribution in [0.25, 0.3) is 16.7 Å². The fourth-order valence-corrected chi connectivity index (χ4v) is 3.31. The van der Waals surface area contributed by atoms with Crippen LogP contribution in [-0.4, -0.2) is 7.28 Å². The van der Waals surface area contributed by atoms with E-state index >= 15 is 0 Å². The van der Waals surface area contributed by atoms with Gasteiger partial charge in [0.1, 0.15) is 0 Å². The summed E-state index contributed by atoms with van der Waals surface area (Å²) in [4.78, 5) is 0. The third kappa shape index (κ3) is 1.69. The molecule has 0 saturated carbocycles. The number of allylic oxidation sites excluding steroid dienone is 4. The van der Waals surface area contributed by atoms with Crippen molar-refractivity contribution in [2.24, 2.45) is 0 Å². The van der Waals surface area contributed by atoms with Crippen LogP contribution in [0, 0.1) is 0 Å². The minimum absolute atomic E-state index is 1.07. The van der Waals surface area contributed by atoms with Crippen LogP contribution < -0.4 is 5.46 Å². The first-order chi connectivity index (χ1) is 9.43. The number of hydrogen-bond acceptors (Lipinski definition) is 0. The molecule has 2 aromatic rings. The summed E-state index contributed by atoms with van der Waals surface area (Å²) in [6, 6.07) is 17.7. The van der Waals surface area contributed by atoms with Gasteiger partial charge in [-0.3, -0.25) is 0 Å². The molecular weight excluding hydrogens is 227 g/mol. The lowest BCUT2D eigenvalue weighted by Gasteiger charge is -2.16. The van der Waals surface area contributed by atoms with E-state index in [-0.39, 0.29) is 0 Å². The summed E-state index contributed by atoms with van der Waals surface area (Å²) in [5.41, 5.74) is 8.75. The first-order valence-corrected chi connectivity index (χ1v) is 7.00. The maximum absolute atomic E-state index is 2.33. The molecule has 1 heterocycles. The highest BCUT2D eigenvalue weighted by Crippen LogP contribution is 2.36. The smallest absolute Gasteiger partial charge is 0.0847 e. The standard InChI is InChI=1S/C18H15B/c1-2-8-14-13(7-1)15-9-3-5-11-17(15)19-18-12-6-4-10-16(14)18/h1-3,5-9,11-12,19H,4,10H2. The molecule has 0 N–H and O–H groups in total. The van der Waals surface area contributed by atoms with Gasteiger partial charge in [-0.2, -0.15) is 0 Å². The van der Waals surface area contributed by atoms with Crippen molar-refractivity contribution in [3.8, 4) is 11.1 Å². The molecule has 2 aliphatic rings. The zero-order valence-electron chi connectivity index (χ0n) is 10.9. The first kappa shape index (κ1) is 10.9. The molecular formula is C18H15B. The maximum atomic E-state index is 2.33. The Kier molecular flexibility index (Phi) is 2.44. The minimum Gasteiger partial charge on any atom is -0.0847 e. The Bertz CT molecular complexity index is 707. The molecule has 0 saturated heterocycles. The van der Waals surface area contributed by atoms with Gasteiger partial charge in [0, 0.05) is 0 Å². The summed E-state index contributed by atoms with van der Waals surface area (Å²) in [5.74, 6) is 0. The predicted octanol–water partition coefficient (Wildman–Crippen LogP) is 3.49. The molecule has 19 heavy (non-hydrogen) atoms. The fourth-order valence-electron chi connectivity index (χ4n) is 3.31. The second-order valence-electron chi connectivity index (χ2n) is 5.32. The Morgan fingerprint density at radius 3 is 2.42 bits per heavy atom. The van der Waals surface area contributed by atoms with Crippen LogP contribution in [0.3, 0.4) is 0 Å². The topological polar surface area (TPSA) is 0 Å². The zero-order valence-corrected chi connectivity index (χ0v) is 10.9. The third-order valence-corrected chi connectivity index (χ3v) is 4.21. The average Bonchev–Trinajstić information content (AvgIpc) is 2.62. The molecule has 0 aromatic heterocycles. The van der Waals surface area contributed by atoms with Crippen molar-refractivity contribution in [2.45, 2.75) is 12.8 Å². The summed E-state index contributed by atoms with van der Waals surface area (Å²) < 4.78 is 0. The second kappa shape index (κ2) is 4.27. The minimum atomic E-state index is 1.07. The van der Waals surface area contributed by atoms with E-state index in [0.717, 1.165) is 7.28 Å². The summed E-state index contributed by atoms with van der Waals surface area (Å²) >= 11 is 0. The number of benzene rings is 2. The Labute approximate surface area is 114 Å². The highest BCUT2D eigenvalue weighted by Gasteiger charge is 2.21. The molecule has 2 aromatic carbocycles. The van der Waals surface area contributed by atoms with Crippen molar-refractivity contribution < 1.29 is 0 Å². The van der Waals surface area contributed by atoms with Crippen LogP contribution in [0.5, 0.6) is 0 Å². The van der Waals surface area contributed by atoms with E-state index in [1.165, 1.54) is 40.5 Å². The monoisotopic (exact) mass is 242 g/mol. The van der Waals surface area contributed by atoms with Crippen LogP contribution >= 0.6 is 0 Å². The molecule has 0 amide bonds. The van der Waals surface area contributed by atoms with E-state index < -0.39 is 0 Å². The van der Waals surface area contributed by atoms with Crippen molar-refractivity contribution in [2.75, 3.05) is 0 Å². The molecule has 90 valence electrons. The number of hydrogen-bond donors (Lipinski definition) is 0. The van der Waals surface area contributed by atoms with Crippen LogP contribution in [0.2, 0.25) is 0 Å². The second-order valence-corrected chi connectivity index (χ2v) is 5.32. The lowest BCUT2D eigenvalue weighted by molar-refractivity contribution is 1.05. The normalized spacial score (nSPS) is 16.0. The van der Waals surface area contributed by atoms with Gasteiger partial charge in [-0.25, -0.2) is 0 Å². The lowest BCUT2D eigenvalue weighted by atomic mass is 9.60. The molecule has 0 fully saturated rings. The third-order valence-electron chi connectivity index (χ3n) is 4.21. The molecule has 0 unspecified atom stereocenters. The van der Waals surface area contributed by atoms with E-state index in [0.29, 0.717) is 0 Å². The van der Waals surface area contributed by atoms with Gasteiger partial charge in [-0.15, -0.1) is 0 Å². The van der Waals surface area contributed by atoms with E-state index in [2.05, 4.69) is 60.7 Å². The van der Waals surface area contributed by atoms with Gasteiger partial charge in [-0.1, -0.05) is 71.6 Å². The van der Waals surface area contributed by atoms with E-state index in [9.17, 15) is 0 Å². The summed E-state index contributed by atoms with van der Waals surface area (Å²) in [5, 5.41) is 0. The Morgan fingerprint density at radius 2 is 1.53 bits per heavy atom. The Balaban J connectivity index is 2.06. The Morgan fingerprint density at radius 1 is 0.789 bits per heavy atom. The van der Waals surface area contributed by atoms with Gasteiger partial charge in [0.2, 0.25) is 0 Å². The van der Waals surface area contributed by atoms with Gasteiger partial charge < -0.3 is 0 Å². The average molecular weight is 242 g/mol. The molecule has 0 radical (unpaired) electrons. The van der Waals surface area contributed by atoms with Gasteiger partial charge >= 0.3 is 0 Å². The molecule has 4 rings (SSSR count). The summed E-state index contributed by atoms with van der Waals surface area (Å²) in [7, 11) is 1.07. The highest BCUT2D eigenvalue weighted by molar-refractivity contribution is 6.65. The van der Waals surface area contributed by atoms with Gasteiger partial charge in [0.25, 0.3) is 0 Å². The van der Waals surface area contributed by atoms with Crippen LogP contribution in [-0.2, 0) is 0 Å². The SMILES string of the molecule is B1C2=C(CCC=C2)c2ccccc2-c2ccccc21. The molecule has 1 aliphatic carbocycles. The summed E-state index contributed by atoms with van der Waals surface area (Å²) in [6.07, 6.45) is 6.99. The fraction of sp³-hybridized carbons (Fsp3) is 0.111. The quantitative estimate of drug-likeness (QED) is 0.620. The molecule has 0 atom stereocenters. The van der Waals surface area contributed by atoms with E-state index in [4.69, 9.17) is 0 Å². The van der Waals surface area contributed by atoms with Crippen LogP contribution in [0.4, 0.5) is 0 Å². The Hall–Kier alpha value is -2.02. The largest absolute Gasteiger partial charge is 0.193 e. The van der Waals surface area contributed by atoms with Crippen molar-refractivity contribution in [1.29, 1.82) is 0 Å². The molecule has 1 aliphatic heterocycles. The van der Waals surface area contributed by atoms with Gasteiger partial charge in [-0.05, 0) is 35.1 Å². The molecule has 0 bridgehead atoms. The summed E-state index contributed by atoms with van der Waals surface area (Å²) in [6.45, 7) is 0. The van der Waals surface area contributed by atoms with E-state index in [1.807, 2.05) is 0 Å². The molecule has 1 heteroatoms. The van der Waals surface area contributed by atoms with E-state index in [1.54, 1.807) is 5.57 Å². The van der Waals surface area contributed by atoms with Crippen molar-refractivity contribution in [3.05, 3.63) is 71.7 Å². The van der Waals surface area contributed by atoms with Crippen LogP contribution in [0.1, 0.15) is 18.4 Å². The highest BCUT2D eigenvalue weighted by atomic mass is 14.2. The van der Waals surface area contributed by atoms with Gasteiger partial charge in [0.15, 0.2) is 7.28 Å². The van der Waals surface area contributed by atoms with Crippen LogP contribution in [0.15, 0.2) is 66.2 Å². The molecule has 0 nitrogen and oxygen atoms in total. The predicted molar refractivity (Wildman–Crippen MR) is 84.0 cm³/mol. The number of fused-ring (bicyclic) bond motifs is 4. The number of rotatable bonds is 0. The molecule has 0 spiro atoms. The maximum Gasteiger partial charge on any atom is 0.193 e. The lowest BCUT2D eigenvalue weighted by Crippen LogP contribution is -2.17. The zero-order chi connectivity index (χ0) is 12.7. The van der Waals surface area contributed by atoms with Crippen molar-refractivity contribution in [1.82, 2.24) is 0 Å². The van der Waals surface area contributed by atoms with Crippen molar-refractivity contribution in [3.63, 3.8) is 0 Å². The first-order valence-electron chi connectivity index (χ1n) is 7.00. The van der Waals surface area contributed by atoms with Crippen molar-refractivity contribution >= 4 is 18.3 Å². The van der Waals surface area contributed by atoms with Gasteiger partial charge in [0.05, 0.1) is 0 Å².